The molecule has 4 nitrogen and oxygen atoms in total. The van der Waals surface area contributed by atoms with Crippen molar-refractivity contribution < 1.29 is 36.6 Å². The van der Waals surface area contributed by atoms with Gasteiger partial charge in [0, 0.05) is 39.3 Å². The second kappa shape index (κ2) is 5.04. The number of carbonyl (C=O) groups is 3. The van der Waals surface area contributed by atoms with Gasteiger partial charge in [-0.1, -0.05) is 24.3 Å². The average Bonchev–Trinajstić information content (AvgIpc) is 2.44. The van der Waals surface area contributed by atoms with Crippen molar-refractivity contribution in [2.75, 3.05) is 0 Å². The summed E-state index contributed by atoms with van der Waals surface area (Å²) < 4.78 is 0. The molecule has 103 valence electrons. The average molecular weight is 316 g/mol. The van der Waals surface area contributed by atoms with Gasteiger partial charge in [-0.3, -0.25) is 9.59 Å². The molecule has 1 aliphatic rings. The fourth-order valence-electron chi connectivity index (χ4n) is 2.23. The van der Waals surface area contributed by atoms with E-state index in [1.807, 2.05) is 0 Å². The van der Waals surface area contributed by atoms with Crippen molar-refractivity contribution >= 4 is 17.5 Å². The second-order valence-corrected chi connectivity index (χ2v) is 4.27. The van der Waals surface area contributed by atoms with Crippen LogP contribution in [0.1, 0.15) is 42.2 Å². The summed E-state index contributed by atoms with van der Waals surface area (Å²) in [5.41, 5.74) is 1.10. The summed E-state index contributed by atoms with van der Waals surface area (Å²) in [5, 5.41) is 8.94. The number of carboxylic acid groups (broad SMARTS) is 1. The van der Waals surface area contributed by atoms with E-state index >= 15 is 0 Å². The smallest absolute Gasteiger partial charge is 0.335 e. The number of aromatic carboxylic acids is 1. The van der Waals surface area contributed by atoms with Crippen molar-refractivity contribution in [2.45, 2.75) is 0 Å². The van der Waals surface area contributed by atoms with Crippen molar-refractivity contribution in [1.82, 2.24) is 0 Å². The maximum atomic E-state index is 12.3. The maximum Gasteiger partial charge on any atom is 0.335 e. The zero-order chi connectivity index (χ0) is 13.6. The normalized spacial score (nSPS) is 12.2. The van der Waals surface area contributed by atoms with Crippen molar-refractivity contribution in [1.29, 1.82) is 0 Å². The Bertz CT molecular complexity index is 749. The van der Waals surface area contributed by atoms with Crippen LogP contribution < -0.4 is 0 Å². The molecule has 0 unspecified atom stereocenters. The summed E-state index contributed by atoms with van der Waals surface area (Å²) in [7, 11) is 0. The molecule has 20 heavy (non-hydrogen) atoms. The van der Waals surface area contributed by atoms with Crippen molar-refractivity contribution in [3.05, 3.63) is 70.3 Å². The molecular formula is C15H8CuO4. The Kier molecular flexibility index (Phi) is 3.57. The SMILES string of the molecule is O=C(O)c1ccc2c(c1)C(=O)c1ccccc1C2=O.[Cu]. The fourth-order valence-corrected chi connectivity index (χ4v) is 2.23. The van der Waals surface area contributed by atoms with Gasteiger partial charge < -0.3 is 5.11 Å². The largest absolute Gasteiger partial charge is 0.478 e. The molecule has 0 fully saturated rings. The molecule has 0 saturated heterocycles. The standard InChI is InChI=1S/C15H8O4.Cu/c16-13-9-3-1-2-4-10(9)14(17)12-7-8(15(18)19)5-6-11(12)13;/h1-7H,(H,18,19);. The van der Waals surface area contributed by atoms with Gasteiger partial charge in [0.25, 0.3) is 0 Å². The number of rotatable bonds is 1. The number of benzene rings is 2. The van der Waals surface area contributed by atoms with Crippen LogP contribution in [0.5, 0.6) is 0 Å². The molecule has 0 aromatic heterocycles. The van der Waals surface area contributed by atoms with Crippen LogP contribution >= 0.6 is 0 Å². The number of carboxylic acids is 1. The summed E-state index contributed by atoms with van der Waals surface area (Å²) >= 11 is 0. The Morgan fingerprint density at radius 2 is 1.30 bits per heavy atom. The van der Waals surface area contributed by atoms with E-state index in [1.54, 1.807) is 24.3 Å². The molecule has 0 heterocycles. The Balaban J connectivity index is 0.00000147. The Hall–Kier alpha value is -2.23. The molecule has 2 aromatic rings. The Morgan fingerprint density at radius 3 is 1.85 bits per heavy atom. The molecule has 1 aliphatic carbocycles. The third-order valence-corrected chi connectivity index (χ3v) is 3.17. The van der Waals surface area contributed by atoms with Crippen LogP contribution in [0.4, 0.5) is 0 Å². The first kappa shape index (κ1) is 14.2. The van der Waals surface area contributed by atoms with Gasteiger partial charge in [-0.15, -0.1) is 0 Å². The van der Waals surface area contributed by atoms with E-state index in [2.05, 4.69) is 0 Å². The zero-order valence-corrected chi connectivity index (χ0v) is 11.0. The number of carbonyl (C=O) groups excluding carboxylic acids is 2. The minimum absolute atomic E-state index is 0. The van der Waals surface area contributed by atoms with E-state index in [1.165, 1.54) is 18.2 Å². The molecule has 2 aromatic carbocycles. The van der Waals surface area contributed by atoms with E-state index in [9.17, 15) is 14.4 Å². The van der Waals surface area contributed by atoms with Crippen molar-refractivity contribution in [2.24, 2.45) is 0 Å². The van der Waals surface area contributed by atoms with Gasteiger partial charge in [0.2, 0.25) is 0 Å². The van der Waals surface area contributed by atoms with E-state index < -0.39 is 5.97 Å². The first-order valence-electron chi connectivity index (χ1n) is 5.65. The Morgan fingerprint density at radius 1 is 0.800 bits per heavy atom. The predicted molar refractivity (Wildman–Crippen MR) is 66.7 cm³/mol. The van der Waals surface area contributed by atoms with E-state index in [0.717, 1.165) is 0 Å². The molecular weight excluding hydrogens is 308 g/mol. The molecule has 5 heteroatoms. The van der Waals surface area contributed by atoms with E-state index in [4.69, 9.17) is 5.11 Å². The molecule has 3 rings (SSSR count). The van der Waals surface area contributed by atoms with Crippen molar-refractivity contribution in [3.63, 3.8) is 0 Å². The number of hydrogen-bond acceptors (Lipinski definition) is 3. The number of hydrogen-bond donors (Lipinski definition) is 1. The maximum absolute atomic E-state index is 12.3. The minimum atomic E-state index is -1.12. The summed E-state index contributed by atoms with van der Waals surface area (Å²) in [4.78, 5) is 35.4. The van der Waals surface area contributed by atoms with Gasteiger partial charge in [-0.2, -0.15) is 0 Å². The molecule has 1 N–H and O–H groups in total. The van der Waals surface area contributed by atoms with E-state index in [0.29, 0.717) is 11.1 Å². The number of ketones is 2. The molecule has 0 saturated carbocycles. The van der Waals surface area contributed by atoms with Gasteiger partial charge in [-0.05, 0) is 18.2 Å². The monoisotopic (exact) mass is 315 g/mol. The molecule has 0 spiro atoms. The van der Waals surface area contributed by atoms with E-state index in [-0.39, 0.29) is 45.3 Å². The summed E-state index contributed by atoms with van der Waals surface area (Å²) in [6.45, 7) is 0. The first-order chi connectivity index (χ1) is 9.09. The van der Waals surface area contributed by atoms with Crippen LogP contribution in [0.15, 0.2) is 42.5 Å². The van der Waals surface area contributed by atoms with Crippen molar-refractivity contribution in [3.8, 4) is 0 Å². The molecule has 0 amide bonds. The molecule has 0 bridgehead atoms. The topological polar surface area (TPSA) is 71.4 Å². The third kappa shape index (κ3) is 1.97. The van der Waals surface area contributed by atoms with Crippen LogP contribution in [0.3, 0.4) is 0 Å². The fraction of sp³-hybridized carbons (Fsp3) is 0. The van der Waals surface area contributed by atoms with Crippen LogP contribution in [-0.4, -0.2) is 22.6 Å². The quantitative estimate of drug-likeness (QED) is 0.699. The van der Waals surface area contributed by atoms with Crippen LogP contribution in [-0.2, 0) is 17.1 Å². The molecule has 0 atom stereocenters. The van der Waals surface area contributed by atoms with Crippen LogP contribution in [0, 0.1) is 0 Å². The van der Waals surface area contributed by atoms with Gasteiger partial charge >= 0.3 is 5.97 Å². The minimum Gasteiger partial charge on any atom is -0.478 e. The summed E-state index contributed by atoms with van der Waals surface area (Å²) in [6, 6.07) is 10.5. The van der Waals surface area contributed by atoms with Gasteiger partial charge in [0.15, 0.2) is 11.6 Å². The van der Waals surface area contributed by atoms with Gasteiger partial charge in [0.1, 0.15) is 0 Å². The number of fused-ring (bicyclic) bond motifs is 2. The van der Waals surface area contributed by atoms with Crippen LogP contribution in [0.25, 0.3) is 0 Å². The van der Waals surface area contributed by atoms with Gasteiger partial charge in [0.05, 0.1) is 5.56 Å². The zero-order valence-electron chi connectivity index (χ0n) is 10.0. The second-order valence-electron chi connectivity index (χ2n) is 4.27. The van der Waals surface area contributed by atoms with Gasteiger partial charge in [-0.25, -0.2) is 4.79 Å². The molecule has 0 aliphatic heterocycles. The molecule has 1 radical (unpaired) electrons. The third-order valence-electron chi connectivity index (χ3n) is 3.17. The Labute approximate surface area is 124 Å². The van der Waals surface area contributed by atoms with Crippen LogP contribution in [0.2, 0.25) is 0 Å². The predicted octanol–water partition coefficient (Wildman–Crippen LogP) is 2.16. The summed E-state index contributed by atoms with van der Waals surface area (Å²) in [5.74, 6) is -1.68. The summed E-state index contributed by atoms with van der Waals surface area (Å²) in [6.07, 6.45) is 0. The first-order valence-corrected chi connectivity index (χ1v) is 5.65.